The van der Waals surface area contributed by atoms with Gasteiger partial charge in [-0.1, -0.05) is 30.0 Å². The Kier molecular flexibility index (Phi) is 4.39. The quantitative estimate of drug-likeness (QED) is 0.882. The molecule has 0 aromatic heterocycles. The molecule has 0 aliphatic heterocycles. The highest BCUT2D eigenvalue weighted by Gasteiger charge is 2.03. The summed E-state index contributed by atoms with van der Waals surface area (Å²) < 4.78 is 13.1. The Balaban J connectivity index is 2.11. The first kappa shape index (κ1) is 13.1. The van der Waals surface area contributed by atoms with E-state index >= 15 is 0 Å². The van der Waals surface area contributed by atoms with Gasteiger partial charge in [-0.05, 0) is 49.9 Å². The molecule has 2 aromatic rings. The van der Waals surface area contributed by atoms with Crippen molar-refractivity contribution in [3.8, 4) is 0 Å². The average molecular weight is 261 g/mol. The molecule has 0 aliphatic rings. The highest BCUT2D eigenvalue weighted by atomic mass is 32.2. The second-order valence-corrected chi connectivity index (χ2v) is 5.29. The van der Waals surface area contributed by atoms with E-state index in [0.717, 1.165) is 9.79 Å². The highest BCUT2D eigenvalue weighted by molar-refractivity contribution is 7.99. The van der Waals surface area contributed by atoms with Crippen LogP contribution in [-0.2, 0) is 0 Å². The van der Waals surface area contributed by atoms with Gasteiger partial charge in [0, 0.05) is 15.8 Å². The molecule has 3 heteroatoms. The van der Waals surface area contributed by atoms with Gasteiger partial charge in [-0.15, -0.1) is 0 Å². The molecule has 1 N–H and O–H groups in total. The van der Waals surface area contributed by atoms with Crippen LogP contribution in [0.3, 0.4) is 0 Å². The molecule has 0 spiro atoms. The van der Waals surface area contributed by atoms with Crippen LogP contribution in [0.5, 0.6) is 0 Å². The van der Waals surface area contributed by atoms with E-state index in [0.29, 0.717) is 6.04 Å². The number of hydrogen-bond acceptors (Lipinski definition) is 2. The Labute approximate surface area is 111 Å². The fourth-order valence-corrected chi connectivity index (χ4v) is 2.52. The van der Waals surface area contributed by atoms with Gasteiger partial charge in [0.2, 0.25) is 0 Å². The Morgan fingerprint density at radius 3 is 2.39 bits per heavy atom. The van der Waals surface area contributed by atoms with Crippen LogP contribution in [0.15, 0.2) is 58.3 Å². The molecule has 0 saturated heterocycles. The third-order valence-electron chi connectivity index (χ3n) is 2.84. The summed E-state index contributed by atoms with van der Waals surface area (Å²) in [6.45, 7) is 2.12. The fourth-order valence-electron chi connectivity index (χ4n) is 1.66. The van der Waals surface area contributed by atoms with Crippen molar-refractivity contribution in [3.63, 3.8) is 0 Å². The molecule has 18 heavy (non-hydrogen) atoms. The molecular formula is C15H16FNS. The van der Waals surface area contributed by atoms with Crippen LogP contribution in [0.25, 0.3) is 0 Å². The van der Waals surface area contributed by atoms with Gasteiger partial charge < -0.3 is 5.32 Å². The molecule has 0 fully saturated rings. The van der Waals surface area contributed by atoms with Crippen LogP contribution in [0.2, 0.25) is 0 Å². The van der Waals surface area contributed by atoms with Crippen LogP contribution in [0.4, 0.5) is 4.39 Å². The topological polar surface area (TPSA) is 12.0 Å². The maximum atomic E-state index is 13.1. The molecule has 0 amide bonds. The van der Waals surface area contributed by atoms with Crippen LogP contribution in [0, 0.1) is 5.82 Å². The SMILES string of the molecule is CNC(C)c1ccc(Sc2cccc(F)c2)cc1. The molecule has 94 valence electrons. The molecule has 1 atom stereocenters. The molecule has 2 rings (SSSR count). The van der Waals surface area contributed by atoms with E-state index in [-0.39, 0.29) is 5.82 Å². The van der Waals surface area contributed by atoms with E-state index in [9.17, 15) is 4.39 Å². The molecule has 1 unspecified atom stereocenters. The number of hydrogen-bond donors (Lipinski definition) is 1. The van der Waals surface area contributed by atoms with Crippen molar-refractivity contribution in [2.75, 3.05) is 7.05 Å². The molecule has 2 aromatic carbocycles. The van der Waals surface area contributed by atoms with Gasteiger partial charge in [0.25, 0.3) is 0 Å². The summed E-state index contributed by atoms with van der Waals surface area (Å²) in [5, 5.41) is 3.20. The third-order valence-corrected chi connectivity index (χ3v) is 3.84. The minimum Gasteiger partial charge on any atom is -0.313 e. The Bertz CT molecular complexity index is 510. The van der Waals surface area contributed by atoms with Crippen LogP contribution >= 0.6 is 11.8 Å². The largest absolute Gasteiger partial charge is 0.313 e. The summed E-state index contributed by atoms with van der Waals surface area (Å²) in [5.41, 5.74) is 1.25. The second-order valence-electron chi connectivity index (χ2n) is 4.14. The van der Waals surface area contributed by atoms with Crippen LogP contribution in [0.1, 0.15) is 18.5 Å². The summed E-state index contributed by atoms with van der Waals surface area (Å²) in [5.74, 6) is -0.194. The zero-order chi connectivity index (χ0) is 13.0. The van der Waals surface area contributed by atoms with Crippen molar-refractivity contribution in [1.29, 1.82) is 0 Å². The minimum atomic E-state index is -0.194. The predicted molar refractivity (Wildman–Crippen MR) is 74.4 cm³/mol. The fraction of sp³-hybridized carbons (Fsp3) is 0.200. The molecule has 0 radical (unpaired) electrons. The van der Waals surface area contributed by atoms with E-state index < -0.39 is 0 Å². The summed E-state index contributed by atoms with van der Waals surface area (Å²) in [6, 6.07) is 15.3. The lowest BCUT2D eigenvalue weighted by Crippen LogP contribution is -2.11. The number of halogens is 1. The Morgan fingerprint density at radius 2 is 1.78 bits per heavy atom. The third kappa shape index (κ3) is 3.34. The van der Waals surface area contributed by atoms with Gasteiger partial charge in [-0.3, -0.25) is 0 Å². The zero-order valence-electron chi connectivity index (χ0n) is 10.5. The lowest BCUT2D eigenvalue weighted by Gasteiger charge is -2.11. The first-order valence-corrected chi connectivity index (χ1v) is 6.71. The van der Waals surface area contributed by atoms with Crippen molar-refractivity contribution in [2.45, 2.75) is 22.8 Å². The average Bonchev–Trinajstić information content (AvgIpc) is 2.39. The summed E-state index contributed by atoms with van der Waals surface area (Å²) in [6.07, 6.45) is 0. The number of nitrogens with one attached hydrogen (secondary N) is 1. The molecular weight excluding hydrogens is 245 g/mol. The zero-order valence-corrected chi connectivity index (χ0v) is 11.3. The predicted octanol–water partition coefficient (Wildman–Crippen LogP) is 4.26. The van der Waals surface area contributed by atoms with Crippen molar-refractivity contribution in [3.05, 3.63) is 59.9 Å². The number of benzene rings is 2. The van der Waals surface area contributed by atoms with Crippen molar-refractivity contribution in [2.24, 2.45) is 0 Å². The summed E-state index contributed by atoms with van der Waals surface area (Å²) in [4.78, 5) is 2.04. The minimum absolute atomic E-state index is 0.194. The van der Waals surface area contributed by atoms with E-state index in [1.54, 1.807) is 23.9 Å². The van der Waals surface area contributed by atoms with Crippen LogP contribution in [-0.4, -0.2) is 7.05 Å². The van der Waals surface area contributed by atoms with Crippen molar-refractivity contribution >= 4 is 11.8 Å². The highest BCUT2D eigenvalue weighted by Crippen LogP contribution is 2.28. The first-order valence-electron chi connectivity index (χ1n) is 5.89. The van der Waals surface area contributed by atoms with Gasteiger partial charge in [0.15, 0.2) is 0 Å². The van der Waals surface area contributed by atoms with Gasteiger partial charge in [-0.25, -0.2) is 4.39 Å². The molecule has 1 nitrogen and oxygen atoms in total. The monoisotopic (exact) mass is 261 g/mol. The number of rotatable bonds is 4. The van der Waals surface area contributed by atoms with Gasteiger partial charge in [0.1, 0.15) is 5.82 Å². The van der Waals surface area contributed by atoms with Crippen LogP contribution < -0.4 is 5.32 Å². The van der Waals surface area contributed by atoms with Crippen molar-refractivity contribution < 1.29 is 4.39 Å². The normalized spacial score (nSPS) is 12.4. The Hall–Kier alpha value is -1.32. The summed E-state index contributed by atoms with van der Waals surface area (Å²) >= 11 is 1.57. The van der Waals surface area contributed by atoms with E-state index in [1.165, 1.54) is 11.6 Å². The standard InChI is InChI=1S/C15H16FNS/c1-11(17-2)12-6-8-14(9-7-12)18-15-5-3-4-13(16)10-15/h3-11,17H,1-2H3. The van der Waals surface area contributed by atoms with E-state index in [4.69, 9.17) is 0 Å². The molecule has 0 bridgehead atoms. The van der Waals surface area contributed by atoms with Crippen molar-refractivity contribution in [1.82, 2.24) is 5.32 Å². The lowest BCUT2D eigenvalue weighted by molar-refractivity contribution is 0.624. The lowest BCUT2D eigenvalue weighted by atomic mass is 10.1. The van der Waals surface area contributed by atoms with Gasteiger partial charge >= 0.3 is 0 Å². The molecule has 0 heterocycles. The van der Waals surface area contributed by atoms with E-state index in [1.807, 2.05) is 13.1 Å². The maximum absolute atomic E-state index is 13.1. The second kappa shape index (κ2) is 6.03. The van der Waals surface area contributed by atoms with Gasteiger partial charge in [-0.2, -0.15) is 0 Å². The van der Waals surface area contributed by atoms with Gasteiger partial charge in [0.05, 0.1) is 0 Å². The molecule has 0 saturated carbocycles. The smallest absolute Gasteiger partial charge is 0.124 e. The molecule has 0 aliphatic carbocycles. The first-order chi connectivity index (χ1) is 8.69. The summed E-state index contributed by atoms with van der Waals surface area (Å²) in [7, 11) is 1.94. The Morgan fingerprint density at radius 1 is 1.06 bits per heavy atom. The van der Waals surface area contributed by atoms with E-state index in [2.05, 4.69) is 36.5 Å². The maximum Gasteiger partial charge on any atom is 0.124 e.